The van der Waals surface area contributed by atoms with Gasteiger partial charge in [-0.15, -0.1) is 0 Å². The summed E-state index contributed by atoms with van der Waals surface area (Å²) in [6.45, 7) is 5.88. The number of methoxy groups -OCH3 is 3. The van der Waals surface area contributed by atoms with Crippen molar-refractivity contribution in [3.8, 4) is 17.2 Å². The van der Waals surface area contributed by atoms with Crippen LogP contribution in [0.2, 0.25) is 0 Å². The molecule has 4 aromatic rings. The van der Waals surface area contributed by atoms with Crippen molar-refractivity contribution in [1.82, 2.24) is 4.98 Å². The number of anilines is 1. The number of aliphatic hydroxyl groups excluding tert-OH is 1. The lowest BCUT2D eigenvalue weighted by Gasteiger charge is -2.24. The molecule has 9 heteroatoms. The summed E-state index contributed by atoms with van der Waals surface area (Å²) in [6.07, 6.45) is 0. The maximum atomic E-state index is 13.7. The predicted molar refractivity (Wildman–Crippen MR) is 151 cm³/mol. The summed E-state index contributed by atoms with van der Waals surface area (Å²) in [5.74, 6) is -0.796. The van der Waals surface area contributed by atoms with Crippen LogP contribution in [0.25, 0.3) is 16.0 Å². The van der Waals surface area contributed by atoms with Crippen LogP contribution >= 0.6 is 11.3 Å². The van der Waals surface area contributed by atoms with E-state index in [0.717, 1.165) is 26.9 Å². The molecule has 1 N–H and O–H groups in total. The van der Waals surface area contributed by atoms with Gasteiger partial charge in [0.1, 0.15) is 5.76 Å². The Kier molecular flexibility index (Phi) is 6.78. The molecule has 3 aromatic carbocycles. The Morgan fingerprint density at radius 1 is 0.897 bits per heavy atom. The number of ether oxygens (including phenoxy) is 3. The highest BCUT2D eigenvalue weighted by molar-refractivity contribution is 7.22. The smallest absolute Gasteiger partial charge is 0.301 e. The highest BCUT2D eigenvalue weighted by Gasteiger charge is 2.48. The average molecular weight is 545 g/mol. The van der Waals surface area contributed by atoms with Crippen LogP contribution in [-0.4, -0.2) is 43.1 Å². The molecule has 1 amide bonds. The van der Waals surface area contributed by atoms with Crippen molar-refractivity contribution in [2.24, 2.45) is 0 Å². The zero-order chi connectivity index (χ0) is 28.0. The molecule has 1 fully saturated rings. The minimum Gasteiger partial charge on any atom is -0.507 e. The molecule has 39 heavy (non-hydrogen) atoms. The Hall–Kier alpha value is -4.37. The summed E-state index contributed by atoms with van der Waals surface area (Å²) in [6, 6.07) is 13.5. The van der Waals surface area contributed by atoms with E-state index in [1.807, 2.05) is 45.0 Å². The first kappa shape index (κ1) is 26.2. The molecule has 0 spiro atoms. The fourth-order valence-electron chi connectivity index (χ4n) is 4.93. The number of hydrogen-bond donors (Lipinski definition) is 1. The van der Waals surface area contributed by atoms with Gasteiger partial charge in [0.15, 0.2) is 16.6 Å². The van der Waals surface area contributed by atoms with Crippen LogP contribution in [0.1, 0.15) is 33.9 Å². The second kappa shape index (κ2) is 10.1. The summed E-state index contributed by atoms with van der Waals surface area (Å²) in [7, 11) is 4.47. The number of rotatable bonds is 6. The Morgan fingerprint density at radius 3 is 2.13 bits per heavy atom. The zero-order valence-corrected chi connectivity index (χ0v) is 23.3. The molecule has 1 atom stereocenters. The van der Waals surface area contributed by atoms with Crippen molar-refractivity contribution < 1.29 is 28.9 Å². The maximum absolute atomic E-state index is 13.7. The number of aliphatic hydroxyl groups is 1. The van der Waals surface area contributed by atoms with Crippen LogP contribution in [0.4, 0.5) is 5.13 Å². The van der Waals surface area contributed by atoms with E-state index < -0.39 is 17.7 Å². The van der Waals surface area contributed by atoms with Crippen molar-refractivity contribution in [3.05, 3.63) is 81.9 Å². The number of amides is 1. The molecule has 1 aliphatic rings. The SMILES string of the molecule is COc1cc(C2/C(=C(\O)c3ccc(C)cc3)C(=O)C(=O)N2c2nc3c(C)cc(C)cc3s2)cc(OC)c1OC. The van der Waals surface area contributed by atoms with Crippen molar-refractivity contribution in [2.45, 2.75) is 26.8 Å². The normalized spacial score (nSPS) is 16.7. The van der Waals surface area contributed by atoms with E-state index in [4.69, 9.17) is 19.2 Å². The second-order valence-corrected chi connectivity index (χ2v) is 10.4. The van der Waals surface area contributed by atoms with Gasteiger partial charge in [-0.25, -0.2) is 4.98 Å². The number of aryl methyl sites for hydroxylation is 3. The lowest BCUT2D eigenvalue weighted by molar-refractivity contribution is -0.132. The third kappa shape index (κ3) is 4.38. The Morgan fingerprint density at radius 2 is 1.54 bits per heavy atom. The third-order valence-corrected chi connectivity index (χ3v) is 7.80. The molecule has 1 saturated heterocycles. The maximum Gasteiger partial charge on any atom is 0.301 e. The molecular formula is C30H28N2O6S. The number of ketones is 1. The average Bonchev–Trinajstić information content (AvgIpc) is 3.46. The van der Waals surface area contributed by atoms with E-state index in [1.54, 1.807) is 24.3 Å². The minimum absolute atomic E-state index is 0.0507. The van der Waals surface area contributed by atoms with E-state index in [0.29, 0.717) is 33.5 Å². The molecule has 0 radical (unpaired) electrons. The van der Waals surface area contributed by atoms with Crippen LogP contribution in [0, 0.1) is 20.8 Å². The van der Waals surface area contributed by atoms with E-state index >= 15 is 0 Å². The van der Waals surface area contributed by atoms with E-state index in [2.05, 4.69) is 0 Å². The summed E-state index contributed by atoms with van der Waals surface area (Å²) in [4.78, 5) is 33.4. The first-order chi connectivity index (χ1) is 18.7. The summed E-state index contributed by atoms with van der Waals surface area (Å²) in [5.41, 5.74) is 4.64. The summed E-state index contributed by atoms with van der Waals surface area (Å²) >= 11 is 1.32. The monoisotopic (exact) mass is 544 g/mol. The van der Waals surface area contributed by atoms with Crippen LogP contribution < -0.4 is 19.1 Å². The number of fused-ring (bicyclic) bond motifs is 1. The number of carbonyl (C=O) groups excluding carboxylic acids is 2. The van der Waals surface area contributed by atoms with Crippen LogP contribution in [0.15, 0.2) is 54.1 Å². The first-order valence-corrected chi connectivity index (χ1v) is 13.1. The molecule has 1 aromatic heterocycles. The topological polar surface area (TPSA) is 98.2 Å². The number of hydrogen-bond acceptors (Lipinski definition) is 8. The van der Waals surface area contributed by atoms with Crippen molar-refractivity contribution in [2.75, 3.05) is 26.2 Å². The highest BCUT2D eigenvalue weighted by Crippen LogP contribution is 2.48. The van der Waals surface area contributed by atoms with Gasteiger partial charge in [0, 0.05) is 5.56 Å². The van der Waals surface area contributed by atoms with Gasteiger partial charge < -0.3 is 19.3 Å². The van der Waals surface area contributed by atoms with Gasteiger partial charge in [-0.05, 0) is 55.7 Å². The number of nitrogens with zero attached hydrogens (tertiary/aromatic N) is 2. The van der Waals surface area contributed by atoms with Gasteiger partial charge in [0.25, 0.3) is 5.78 Å². The van der Waals surface area contributed by atoms with E-state index in [9.17, 15) is 14.7 Å². The molecule has 200 valence electrons. The quantitative estimate of drug-likeness (QED) is 0.184. The van der Waals surface area contributed by atoms with E-state index in [-0.39, 0.29) is 11.3 Å². The first-order valence-electron chi connectivity index (χ1n) is 12.2. The minimum atomic E-state index is -0.998. The molecular weight excluding hydrogens is 516 g/mol. The second-order valence-electron chi connectivity index (χ2n) is 9.42. The van der Waals surface area contributed by atoms with Crippen molar-refractivity contribution in [3.63, 3.8) is 0 Å². The summed E-state index contributed by atoms with van der Waals surface area (Å²) < 4.78 is 17.5. The highest BCUT2D eigenvalue weighted by atomic mass is 32.1. The predicted octanol–water partition coefficient (Wildman–Crippen LogP) is 5.87. The zero-order valence-electron chi connectivity index (χ0n) is 22.5. The largest absolute Gasteiger partial charge is 0.507 e. The molecule has 0 aliphatic carbocycles. The summed E-state index contributed by atoms with van der Waals surface area (Å²) in [5, 5.41) is 11.8. The van der Waals surface area contributed by atoms with Gasteiger partial charge in [-0.2, -0.15) is 0 Å². The van der Waals surface area contributed by atoms with Gasteiger partial charge in [-0.1, -0.05) is 47.2 Å². The van der Waals surface area contributed by atoms with Crippen LogP contribution in [0.3, 0.4) is 0 Å². The van der Waals surface area contributed by atoms with Gasteiger partial charge in [-0.3, -0.25) is 14.5 Å². The Bertz CT molecular complexity index is 1630. The Balaban J connectivity index is 1.80. The Labute approximate surface area is 230 Å². The fourth-order valence-corrected chi connectivity index (χ4v) is 6.10. The number of aromatic nitrogens is 1. The van der Waals surface area contributed by atoms with Gasteiger partial charge in [0.2, 0.25) is 5.75 Å². The number of Topliss-reactive ketones (excluding diaryl/α,β-unsaturated/α-hetero) is 1. The molecule has 1 unspecified atom stereocenters. The van der Waals surface area contributed by atoms with Gasteiger partial charge >= 0.3 is 5.91 Å². The standard InChI is InChI=1S/C30H28N2O6S/c1-15-7-9-18(10-8-15)26(33)23-25(19-13-20(36-4)28(38-6)21(14-19)37-5)32(29(35)27(23)34)30-31-24-17(3)11-16(2)12-22(24)39-30/h7-14,25,33H,1-6H3/b26-23+. The lowest BCUT2D eigenvalue weighted by Crippen LogP contribution is -2.29. The third-order valence-electron chi connectivity index (χ3n) is 6.80. The number of benzene rings is 3. The van der Waals surface area contributed by atoms with E-state index in [1.165, 1.54) is 37.6 Å². The van der Waals surface area contributed by atoms with Crippen LogP contribution in [0.5, 0.6) is 17.2 Å². The molecule has 0 bridgehead atoms. The van der Waals surface area contributed by atoms with Gasteiger partial charge in [0.05, 0.1) is 43.2 Å². The van der Waals surface area contributed by atoms with Crippen molar-refractivity contribution in [1.29, 1.82) is 0 Å². The fraction of sp³-hybridized carbons (Fsp3) is 0.233. The lowest BCUT2D eigenvalue weighted by atomic mass is 9.94. The molecule has 8 nitrogen and oxygen atoms in total. The number of thiazole rings is 1. The molecule has 5 rings (SSSR count). The van der Waals surface area contributed by atoms with Crippen molar-refractivity contribution >= 4 is 44.1 Å². The number of carbonyl (C=O) groups is 2. The molecule has 2 heterocycles. The van der Waals surface area contributed by atoms with Crippen LogP contribution in [-0.2, 0) is 9.59 Å². The molecule has 1 aliphatic heterocycles. The molecule has 0 saturated carbocycles.